The predicted octanol–water partition coefficient (Wildman–Crippen LogP) is 3.53. The van der Waals surface area contributed by atoms with Crippen LogP contribution in [0.15, 0.2) is 17.0 Å². The summed E-state index contributed by atoms with van der Waals surface area (Å²) < 4.78 is 19.2. The molecule has 1 aliphatic rings. The SMILES string of the molecule is CCOC(=O)C1CCC(Sc2ccc([N+](=O)[O-])c(N)c2F)CC1. The minimum absolute atomic E-state index is 0.0847. The second kappa shape index (κ2) is 7.63. The Labute approximate surface area is 137 Å². The minimum Gasteiger partial charge on any atom is -0.466 e. The number of nitrogen functional groups attached to an aromatic ring is 1. The maximum atomic E-state index is 14.2. The van der Waals surface area contributed by atoms with Crippen LogP contribution in [0.5, 0.6) is 0 Å². The first-order chi connectivity index (χ1) is 10.9. The average Bonchev–Trinajstić information content (AvgIpc) is 2.52. The summed E-state index contributed by atoms with van der Waals surface area (Å²) in [5.41, 5.74) is 4.64. The molecule has 8 heteroatoms. The first-order valence-corrected chi connectivity index (χ1v) is 8.37. The smallest absolute Gasteiger partial charge is 0.308 e. The van der Waals surface area contributed by atoms with E-state index in [1.165, 1.54) is 23.9 Å². The van der Waals surface area contributed by atoms with Crippen LogP contribution in [0, 0.1) is 21.8 Å². The zero-order valence-electron chi connectivity index (χ0n) is 12.8. The van der Waals surface area contributed by atoms with Gasteiger partial charge in [-0.15, -0.1) is 11.8 Å². The van der Waals surface area contributed by atoms with Gasteiger partial charge >= 0.3 is 5.97 Å². The van der Waals surface area contributed by atoms with E-state index in [9.17, 15) is 19.3 Å². The van der Waals surface area contributed by atoms with Crippen LogP contribution in [0.2, 0.25) is 0 Å². The summed E-state index contributed by atoms with van der Waals surface area (Å²) in [5, 5.41) is 10.9. The number of benzene rings is 1. The summed E-state index contributed by atoms with van der Waals surface area (Å²) in [7, 11) is 0. The number of hydrogen-bond acceptors (Lipinski definition) is 6. The number of hydrogen-bond donors (Lipinski definition) is 1. The Morgan fingerprint density at radius 1 is 1.43 bits per heavy atom. The van der Waals surface area contributed by atoms with Crippen molar-refractivity contribution in [3.8, 4) is 0 Å². The predicted molar refractivity (Wildman–Crippen MR) is 85.7 cm³/mol. The van der Waals surface area contributed by atoms with Gasteiger partial charge in [0.2, 0.25) is 0 Å². The molecule has 0 amide bonds. The molecule has 0 aromatic heterocycles. The van der Waals surface area contributed by atoms with Crippen molar-refractivity contribution in [1.82, 2.24) is 0 Å². The quantitative estimate of drug-likeness (QED) is 0.381. The van der Waals surface area contributed by atoms with Gasteiger partial charge < -0.3 is 10.5 Å². The van der Waals surface area contributed by atoms with Crippen molar-refractivity contribution in [2.75, 3.05) is 12.3 Å². The lowest BCUT2D eigenvalue weighted by atomic mass is 9.89. The van der Waals surface area contributed by atoms with Gasteiger partial charge in [0.25, 0.3) is 5.69 Å². The van der Waals surface area contributed by atoms with E-state index in [1.807, 2.05) is 0 Å². The molecule has 0 heterocycles. The lowest BCUT2D eigenvalue weighted by Gasteiger charge is -2.26. The molecule has 1 saturated carbocycles. The summed E-state index contributed by atoms with van der Waals surface area (Å²) in [6.07, 6.45) is 2.95. The highest BCUT2D eigenvalue weighted by Gasteiger charge is 2.29. The largest absolute Gasteiger partial charge is 0.466 e. The van der Waals surface area contributed by atoms with Crippen LogP contribution in [0.4, 0.5) is 15.8 Å². The number of halogens is 1. The number of nitrogens with zero attached hydrogens (tertiary/aromatic N) is 1. The molecule has 2 N–H and O–H groups in total. The van der Waals surface area contributed by atoms with Crippen molar-refractivity contribution in [1.29, 1.82) is 0 Å². The Kier molecular flexibility index (Phi) is 5.81. The number of nitro groups is 1. The molecule has 0 radical (unpaired) electrons. The van der Waals surface area contributed by atoms with Crippen LogP contribution < -0.4 is 5.73 Å². The molecule has 0 saturated heterocycles. The van der Waals surface area contributed by atoms with E-state index >= 15 is 0 Å². The normalized spacial score (nSPS) is 21.0. The van der Waals surface area contributed by atoms with Gasteiger partial charge in [0.1, 0.15) is 5.69 Å². The number of thioether (sulfide) groups is 1. The molecule has 6 nitrogen and oxygen atoms in total. The summed E-state index contributed by atoms with van der Waals surface area (Å²) in [6, 6.07) is 2.62. The molecular formula is C15H19FN2O4S. The fourth-order valence-corrected chi connectivity index (χ4v) is 3.90. The van der Waals surface area contributed by atoms with Crippen molar-refractivity contribution in [2.45, 2.75) is 42.8 Å². The Morgan fingerprint density at radius 2 is 2.09 bits per heavy atom. The molecule has 1 aromatic carbocycles. The van der Waals surface area contributed by atoms with Gasteiger partial charge in [-0.05, 0) is 38.7 Å². The Morgan fingerprint density at radius 3 is 2.65 bits per heavy atom. The Bertz CT molecular complexity index is 603. The summed E-state index contributed by atoms with van der Waals surface area (Å²) in [5.74, 6) is -0.989. The standard InChI is InChI=1S/C15H19FN2O4S/c1-2-22-15(19)9-3-5-10(6-4-9)23-12-8-7-11(18(20)21)14(17)13(12)16/h7-10H,2-6,17H2,1H3. The van der Waals surface area contributed by atoms with Crippen LogP contribution in [-0.2, 0) is 9.53 Å². The lowest BCUT2D eigenvalue weighted by Crippen LogP contribution is -2.24. The summed E-state index contributed by atoms with van der Waals surface area (Å²) in [4.78, 5) is 22.0. The number of nitrogens with two attached hydrogens (primary N) is 1. The van der Waals surface area contributed by atoms with Gasteiger partial charge in [-0.2, -0.15) is 0 Å². The number of ether oxygens (including phenoxy) is 1. The van der Waals surface area contributed by atoms with Gasteiger partial charge in [0.15, 0.2) is 5.82 Å². The van der Waals surface area contributed by atoms with Crippen LogP contribution in [0.3, 0.4) is 0 Å². The van der Waals surface area contributed by atoms with Crippen LogP contribution in [0.25, 0.3) is 0 Å². The molecule has 1 fully saturated rings. The molecule has 0 aliphatic heterocycles. The molecule has 126 valence electrons. The molecule has 0 spiro atoms. The zero-order valence-corrected chi connectivity index (χ0v) is 13.6. The molecule has 2 rings (SSSR count). The molecule has 0 atom stereocenters. The topological polar surface area (TPSA) is 95.5 Å². The second-order valence-corrected chi connectivity index (χ2v) is 6.75. The van der Waals surface area contributed by atoms with E-state index in [1.54, 1.807) is 6.92 Å². The van der Waals surface area contributed by atoms with E-state index in [-0.39, 0.29) is 17.1 Å². The second-order valence-electron chi connectivity index (χ2n) is 5.41. The van der Waals surface area contributed by atoms with Crippen molar-refractivity contribution < 1.29 is 18.8 Å². The maximum absolute atomic E-state index is 14.2. The first-order valence-electron chi connectivity index (χ1n) is 7.49. The van der Waals surface area contributed by atoms with Crippen LogP contribution >= 0.6 is 11.8 Å². The number of nitro benzene ring substituents is 1. The van der Waals surface area contributed by atoms with E-state index in [0.717, 1.165) is 12.8 Å². The average molecular weight is 342 g/mol. The fourth-order valence-electron chi connectivity index (χ4n) is 2.67. The first kappa shape index (κ1) is 17.5. The zero-order chi connectivity index (χ0) is 17.0. The molecule has 23 heavy (non-hydrogen) atoms. The number of carbonyl (C=O) groups excluding carboxylic acids is 1. The maximum Gasteiger partial charge on any atom is 0.308 e. The monoisotopic (exact) mass is 342 g/mol. The summed E-state index contributed by atoms with van der Waals surface area (Å²) in [6.45, 7) is 2.15. The van der Waals surface area contributed by atoms with Crippen molar-refractivity contribution >= 4 is 29.1 Å². The van der Waals surface area contributed by atoms with Crippen molar-refractivity contribution in [3.63, 3.8) is 0 Å². The number of rotatable bonds is 5. The Hall–Kier alpha value is -1.83. The highest BCUT2D eigenvalue weighted by Crippen LogP contribution is 2.39. The summed E-state index contributed by atoms with van der Waals surface area (Å²) >= 11 is 1.32. The van der Waals surface area contributed by atoms with Gasteiger partial charge in [-0.25, -0.2) is 4.39 Å². The highest BCUT2D eigenvalue weighted by molar-refractivity contribution is 8.00. The molecule has 1 aliphatic carbocycles. The van der Waals surface area contributed by atoms with Gasteiger partial charge in [0.05, 0.1) is 17.4 Å². The van der Waals surface area contributed by atoms with Gasteiger partial charge in [-0.1, -0.05) is 0 Å². The fraction of sp³-hybridized carbons (Fsp3) is 0.533. The van der Waals surface area contributed by atoms with E-state index in [0.29, 0.717) is 24.3 Å². The number of carbonyl (C=O) groups is 1. The molecular weight excluding hydrogens is 323 g/mol. The van der Waals surface area contributed by atoms with Crippen molar-refractivity contribution in [3.05, 3.63) is 28.1 Å². The molecule has 0 unspecified atom stereocenters. The highest BCUT2D eigenvalue weighted by atomic mass is 32.2. The third-order valence-corrected chi connectivity index (χ3v) is 5.28. The third-order valence-electron chi connectivity index (χ3n) is 3.91. The molecule has 1 aromatic rings. The van der Waals surface area contributed by atoms with E-state index < -0.39 is 22.1 Å². The molecule has 0 bridgehead atoms. The third kappa shape index (κ3) is 4.13. The lowest BCUT2D eigenvalue weighted by molar-refractivity contribution is -0.384. The van der Waals surface area contributed by atoms with Gasteiger partial charge in [-0.3, -0.25) is 14.9 Å². The Balaban J connectivity index is 1.98. The van der Waals surface area contributed by atoms with Gasteiger partial charge in [0, 0.05) is 16.2 Å². The number of anilines is 1. The minimum atomic E-state index is -0.739. The van der Waals surface area contributed by atoms with Crippen molar-refractivity contribution in [2.24, 2.45) is 5.92 Å². The van der Waals surface area contributed by atoms with Crippen LogP contribution in [0.1, 0.15) is 32.6 Å². The van der Waals surface area contributed by atoms with E-state index in [4.69, 9.17) is 10.5 Å². The number of esters is 1. The van der Waals surface area contributed by atoms with Crippen LogP contribution in [-0.4, -0.2) is 22.7 Å². The van der Waals surface area contributed by atoms with E-state index in [2.05, 4.69) is 0 Å².